The molecule has 0 unspecified atom stereocenters. The van der Waals surface area contributed by atoms with E-state index < -0.39 is 21.8 Å². The normalized spacial score (nSPS) is 11.5. The van der Waals surface area contributed by atoms with E-state index in [4.69, 9.17) is 0 Å². The Morgan fingerprint density at radius 1 is 1.17 bits per heavy atom. The fourth-order valence-electron chi connectivity index (χ4n) is 1.88. The highest BCUT2D eigenvalue weighted by Gasteiger charge is 2.16. The van der Waals surface area contributed by atoms with Crippen LogP contribution in [0.2, 0.25) is 0 Å². The van der Waals surface area contributed by atoms with Crippen LogP contribution in [0.1, 0.15) is 11.1 Å². The molecule has 24 heavy (non-hydrogen) atoms. The summed E-state index contributed by atoms with van der Waals surface area (Å²) in [6.07, 6.45) is 2.56. The number of benzene rings is 2. The maximum atomic E-state index is 13.9. The van der Waals surface area contributed by atoms with Gasteiger partial charge in [-0.15, -0.1) is 0 Å². The van der Waals surface area contributed by atoms with Crippen molar-refractivity contribution in [3.05, 3.63) is 65.5 Å². The van der Waals surface area contributed by atoms with E-state index in [0.717, 1.165) is 17.7 Å². The average molecular weight is 349 g/mol. The molecule has 0 heterocycles. The van der Waals surface area contributed by atoms with Gasteiger partial charge in [0, 0.05) is 6.08 Å². The molecule has 7 heteroatoms. The third-order valence-corrected chi connectivity index (χ3v) is 4.56. The third kappa shape index (κ3) is 4.42. The molecule has 0 saturated heterocycles. The second-order valence-electron chi connectivity index (χ2n) is 5.01. The fourth-order valence-corrected chi connectivity index (χ4v) is 2.94. The molecule has 2 aromatic rings. The van der Waals surface area contributed by atoms with Crippen LogP contribution >= 0.6 is 0 Å². The monoisotopic (exact) mass is 349 g/mol. The Hall–Kier alpha value is -2.67. The molecule has 0 aliphatic heterocycles. The van der Waals surface area contributed by atoms with Crippen LogP contribution in [-0.2, 0) is 19.6 Å². The highest BCUT2D eigenvalue weighted by Crippen LogP contribution is 2.21. The lowest BCUT2D eigenvalue weighted by Gasteiger charge is -2.10. The molecule has 1 N–H and O–H groups in total. The van der Waals surface area contributed by atoms with E-state index in [1.54, 1.807) is 12.1 Å². The molecular weight excluding hydrogens is 333 g/mol. The van der Waals surface area contributed by atoms with Crippen LogP contribution in [0.5, 0.6) is 0 Å². The standard InChI is InChI=1S/C17H16FNO4S/c1-12-3-7-14(8-4-12)24(21,22)19-16-11-13(5-9-15(16)18)6-10-17(20)23-2/h3-11,19H,1-2H3/b10-6+. The summed E-state index contributed by atoms with van der Waals surface area (Å²) in [6.45, 7) is 1.83. The molecule has 0 atom stereocenters. The number of anilines is 1. The third-order valence-electron chi connectivity index (χ3n) is 3.18. The van der Waals surface area contributed by atoms with E-state index in [0.29, 0.717) is 5.56 Å². The van der Waals surface area contributed by atoms with Crippen molar-refractivity contribution in [2.75, 3.05) is 11.8 Å². The van der Waals surface area contributed by atoms with Gasteiger partial charge in [0.2, 0.25) is 0 Å². The van der Waals surface area contributed by atoms with Crippen LogP contribution in [-0.4, -0.2) is 21.5 Å². The first-order chi connectivity index (χ1) is 11.3. The summed E-state index contributed by atoms with van der Waals surface area (Å²) in [6, 6.07) is 10.0. The maximum Gasteiger partial charge on any atom is 0.330 e. The van der Waals surface area contributed by atoms with Gasteiger partial charge in [0.15, 0.2) is 0 Å². The van der Waals surface area contributed by atoms with E-state index in [1.807, 2.05) is 6.92 Å². The smallest absolute Gasteiger partial charge is 0.330 e. The van der Waals surface area contributed by atoms with Gasteiger partial charge in [-0.1, -0.05) is 23.8 Å². The van der Waals surface area contributed by atoms with Gasteiger partial charge in [0.1, 0.15) is 5.82 Å². The zero-order valence-electron chi connectivity index (χ0n) is 13.1. The number of aryl methyl sites for hydroxylation is 1. The lowest BCUT2D eigenvalue weighted by Crippen LogP contribution is -2.14. The molecule has 0 bridgehead atoms. The van der Waals surface area contributed by atoms with Crippen molar-refractivity contribution in [3.8, 4) is 0 Å². The second-order valence-corrected chi connectivity index (χ2v) is 6.70. The lowest BCUT2D eigenvalue weighted by molar-refractivity contribution is -0.134. The van der Waals surface area contributed by atoms with Gasteiger partial charge in [-0.3, -0.25) is 4.72 Å². The van der Waals surface area contributed by atoms with E-state index in [-0.39, 0.29) is 10.6 Å². The largest absolute Gasteiger partial charge is 0.466 e. The summed E-state index contributed by atoms with van der Waals surface area (Å²) in [4.78, 5) is 11.1. The molecule has 0 aromatic heterocycles. The Morgan fingerprint density at radius 2 is 1.83 bits per heavy atom. The molecule has 0 amide bonds. The number of carbonyl (C=O) groups excluding carboxylic acids is 1. The Bertz CT molecular complexity index is 874. The number of carbonyl (C=O) groups is 1. The minimum absolute atomic E-state index is 0.0306. The summed E-state index contributed by atoms with van der Waals surface area (Å²) < 4.78 is 45.2. The van der Waals surface area contributed by atoms with E-state index in [9.17, 15) is 17.6 Å². The predicted molar refractivity (Wildman–Crippen MR) is 89.4 cm³/mol. The number of hydrogen-bond acceptors (Lipinski definition) is 4. The number of esters is 1. The molecular formula is C17H16FNO4S. The number of nitrogens with one attached hydrogen (secondary N) is 1. The number of halogens is 1. The Morgan fingerprint density at radius 3 is 2.46 bits per heavy atom. The SMILES string of the molecule is COC(=O)/C=C/c1ccc(F)c(NS(=O)(=O)c2ccc(C)cc2)c1. The van der Waals surface area contributed by atoms with Crippen molar-refractivity contribution in [2.24, 2.45) is 0 Å². The summed E-state index contributed by atoms with van der Waals surface area (Å²) in [5.41, 5.74) is 1.15. The summed E-state index contributed by atoms with van der Waals surface area (Å²) >= 11 is 0. The molecule has 0 saturated carbocycles. The first kappa shape index (κ1) is 17.7. The van der Waals surface area contributed by atoms with Gasteiger partial charge in [-0.2, -0.15) is 0 Å². The molecule has 126 valence electrons. The minimum atomic E-state index is -3.91. The molecule has 5 nitrogen and oxygen atoms in total. The number of ether oxygens (including phenoxy) is 1. The van der Waals surface area contributed by atoms with Gasteiger partial charge < -0.3 is 4.74 Å². The van der Waals surface area contributed by atoms with Gasteiger partial charge >= 0.3 is 5.97 Å². The molecule has 2 aromatic carbocycles. The van der Waals surface area contributed by atoms with Gasteiger partial charge in [-0.25, -0.2) is 17.6 Å². The average Bonchev–Trinajstić information content (AvgIpc) is 2.55. The fraction of sp³-hybridized carbons (Fsp3) is 0.118. The second kappa shape index (κ2) is 7.27. The first-order valence-electron chi connectivity index (χ1n) is 6.97. The lowest BCUT2D eigenvalue weighted by atomic mass is 10.2. The van der Waals surface area contributed by atoms with E-state index >= 15 is 0 Å². The molecule has 0 spiro atoms. The Balaban J connectivity index is 2.30. The van der Waals surface area contributed by atoms with Crippen LogP contribution in [0.25, 0.3) is 6.08 Å². The molecule has 0 radical (unpaired) electrons. The molecule has 0 aliphatic rings. The Kier molecular flexibility index (Phi) is 5.35. The predicted octanol–water partition coefficient (Wildman–Crippen LogP) is 3.12. The number of methoxy groups -OCH3 is 1. The first-order valence-corrected chi connectivity index (χ1v) is 8.45. The molecule has 0 aliphatic carbocycles. The summed E-state index contributed by atoms with van der Waals surface area (Å²) in [5.74, 6) is -1.29. The van der Waals surface area contributed by atoms with E-state index in [1.165, 1.54) is 37.5 Å². The zero-order chi connectivity index (χ0) is 17.7. The molecule has 0 fully saturated rings. The van der Waals surface area contributed by atoms with Crippen molar-refractivity contribution < 1.29 is 22.3 Å². The summed E-state index contributed by atoms with van der Waals surface area (Å²) in [7, 11) is -2.68. The molecule has 2 rings (SSSR count). The van der Waals surface area contributed by atoms with Crippen molar-refractivity contribution in [1.29, 1.82) is 0 Å². The quantitative estimate of drug-likeness (QED) is 0.665. The highest BCUT2D eigenvalue weighted by molar-refractivity contribution is 7.92. The van der Waals surface area contributed by atoms with Crippen LogP contribution in [0.15, 0.2) is 53.4 Å². The van der Waals surface area contributed by atoms with Crippen molar-refractivity contribution >= 4 is 27.8 Å². The zero-order valence-corrected chi connectivity index (χ0v) is 13.9. The number of rotatable bonds is 5. The van der Waals surface area contributed by atoms with Gasteiger partial charge in [-0.05, 0) is 42.8 Å². The van der Waals surface area contributed by atoms with Crippen LogP contribution in [0.4, 0.5) is 10.1 Å². The maximum absolute atomic E-state index is 13.9. The van der Waals surface area contributed by atoms with Gasteiger partial charge in [0.05, 0.1) is 17.7 Å². The van der Waals surface area contributed by atoms with E-state index in [2.05, 4.69) is 9.46 Å². The van der Waals surface area contributed by atoms with Gasteiger partial charge in [0.25, 0.3) is 10.0 Å². The Labute approximate surface area is 139 Å². The van der Waals surface area contributed by atoms with Crippen LogP contribution in [0, 0.1) is 12.7 Å². The number of hydrogen-bond donors (Lipinski definition) is 1. The number of sulfonamides is 1. The highest BCUT2D eigenvalue weighted by atomic mass is 32.2. The topological polar surface area (TPSA) is 72.5 Å². The van der Waals surface area contributed by atoms with Crippen molar-refractivity contribution in [1.82, 2.24) is 0 Å². The minimum Gasteiger partial charge on any atom is -0.466 e. The van der Waals surface area contributed by atoms with Crippen molar-refractivity contribution in [3.63, 3.8) is 0 Å². The summed E-state index contributed by atoms with van der Waals surface area (Å²) in [5, 5.41) is 0. The van der Waals surface area contributed by atoms with Crippen LogP contribution < -0.4 is 4.72 Å². The van der Waals surface area contributed by atoms with Crippen LogP contribution in [0.3, 0.4) is 0 Å². The van der Waals surface area contributed by atoms with Crippen molar-refractivity contribution in [2.45, 2.75) is 11.8 Å².